The zero-order valence-corrected chi connectivity index (χ0v) is 17.0. The second-order valence-corrected chi connectivity index (χ2v) is 8.26. The molecule has 0 spiro atoms. The number of thiophene rings is 1. The SMILES string of the molecule is CCc1cccc(NC(=O)CSc2ncnc3sc(-c4ccccc4)cc23)c1. The van der Waals surface area contributed by atoms with Gasteiger partial charge in [-0.3, -0.25) is 4.79 Å². The van der Waals surface area contributed by atoms with Gasteiger partial charge in [-0.25, -0.2) is 9.97 Å². The van der Waals surface area contributed by atoms with E-state index in [1.165, 1.54) is 17.3 Å². The Balaban J connectivity index is 1.48. The molecular formula is C22H19N3OS2. The molecule has 2 aromatic carbocycles. The summed E-state index contributed by atoms with van der Waals surface area (Å²) in [5.41, 5.74) is 3.20. The summed E-state index contributed by atoms with van der Waals surface area (Å²) in [4.78, 5) is 23.3. The van der Waals surface area contributed by atoms with Crippen LogP contribution in [0.2, 0.25) is 0 Å². The number of carbonyl (C=O) groups is 1. The Morgan fingerprint density at radius 2 is 1.93 bits per heavy atom. The van der Waals surface area contributed by atoms with Crippen molar-refractivity contribution in [3.8, 4) is 10.4 Å². The molecule has 0 saturated carbocycles. The summed E-state index contributed by atoms with van der Waals surface area (Å²) in [5, 5.41) is 4.80. The molecule has 0 unspecified atom stereocenters. The molecule has 4 nitrogen and oxygen atoms in total. The molecule has 28 heavy (non-hydrogen) atoms. The Morgan fingerprint density at radius 1 is 1.07 bits per heavy atom. The van der Waals surface area contributed by atoms with Gasteiger partial charge in [0, 0.05) is 16.0 Å². The van der Waals surface area contributed by atoms with E-state index in [1.807, 2.05) is 36.4 Å². The molecule has 1 N–H and O–H groups in total. The molecule has 140 valence electrons. The first-order valence-electron chi connectivity index (χ1n) is 9.04. The molecule has 2 aromatic heterocycles. The van der Waals surface area contributed by atoms with Crippen LogP contribution in [0.25, 0.3) is 20.7 Å². The normalized spacial score (nSPS) is 10.9. The van der Waals surface area contributed by atoms with E-state index in [9.17, 15) is 4.79 Å². The highest BCUT2D eigenvalue weighted by molar-refractivity contribution is 8.00. The van der Waals surface area contributed by atoms with Crippen molar-refractivity contribution in [2.24, 2.45) is 0 Å². The van der Waals surface area contributed by atoms with Crippen LogP contribution in [0.1, 0.15) is 12.5 Å². The minimum Gasteiger partial charge on any atom is -0.325 e. The molecule has 0 saturated heterocycles. The number of hydrogen-bond acceptors (Lipinski definition) is 5. The van der Waals surface area contributed by atoms with Gasteiger partial charge in [0.2, 0.25) is 5.91 Å². The number of nitrogens with one attached hydrogen (secondary N) is 1. The molecule has 4 rings (SSSR count). The topological polar surface area (TPSA) is 54.9 Å². The van der Waals surface area contributed by atoms with E-state index >= 15 is 0 Å². The van der Waals surface area contributed by atoms with Crippen molar-refractivity contribution in [2.45, 2.75) is 18.4 Å². The summed E-state index contributed by atoms with van der Waals surface area (Å²) in [6.45, 7) is 2.10. The van der Waals surface area contributed by atoms with E-state index in [1.54, 1.807) is 17.7 Å². The maximum atomic E-state index is 12.4. The van der Waals surface area contributed by atoms with Gasteiger partial charge in [0.25, 0.3) is 0 Å². The number of nitrogens with zero attached hydrogens (tertiary/aromatic N) is 2. The summed E-state index contributed by atoms with van der Waals surface area (Å²) < 4.78 is 0. The minimum absolute atomic E-state index is 0.0384. The van der Waals surface area contributed by atoms with Gasteiger partial charge in [-0.05, 0) is 35.7 Å². The largest absolute Gasteiger partial charge is 0.325 e. The lowest BCUT2D eigenvalue weighted by atomic mass is 10.1. The quantitative estimate of drug-likeness (QED) is 0.333. The zero-order valence-electron chi connectivity index (χ0n) is 15.4. The van der Waals surface area contributed by atoms with Crippen LogP contribution in [0.5, 0.6) is 0 Å². The highest BCUT2D eigenvalue weighted by atomic mass is 32.2. The molecule has 0 bridgehead atoms. The lowest BCUT2D eigenvalue weighted by molar-refractivity contribution is -0.113. The van der Waals surface area contributed by atoms with Crippen molar-refractivity contribution in [1.82, 2.24) is 9.97 Å². The summed E-state index contributed by atoms with van der Waals surface area (Å²) >= 11 is 3.08. The van der Waals surface area contributed by atoms with Crippen LogP contribution >= 0.6 is 23.1 Å². The van der Waals surface area contributed by atoms with Crippen LogP contribution in [-0.2, 0) is 11.2 Å². The van der Waals surface area contributed by atoms with Gasteiger partial charge in [0.05, 0.1) is 5.75 Å². The minimum atomic E-state index is -0.0384. The van der Waals surface area contributed by atoms with E-state index in [0.29, 0.717) is 5.75 Å². The average Bonchev–Trinajstić information content (AvgIpc) is 3.18. The number of rotatable bonds is 6. The van der Waals surface area contributed by atoms with E-state index in [-0.39, 0.29) is 5.91 Å². The van der Waals surface area contributed by atoms with Gasteiger partial charge in [-0.1, -0.05) is 61.2 Å². The third-order valence-electron chi connectivity index (χ3n) is 4.31. The molecule has 0 aliphatic heterocycles. The maximum Gasteiger partial charge on any atom is 0.234 e. The van der Waals surface area contributed by atoms with Crippen molar-refractivity contribution in [3.05, 3.63) is 72.6 Å². The molecule has 2 heterocycles. The number of aryl methyl sites for hydroxylation is 1. The number of hydrogen-bond donors (Lipinski definition) is 1. The van der Waals surface area contributed by atoms with Crippen molar-refractivity contribution in [3.63, 3.8) is 0 Å². The first-order valence-corrected chi connectivity index (χ1v) is 10.8. The van der Waals surface area contributed by atoms with Gasteiger partial charge in [-0.15, -0.1) is 11.3 Å². The van der Waals surface area contributed by atoms with Gasteiger partial charge in [0.1, 0.15) is 16.2 Å². The number of anilines is 1. The van der Waals surface area contributed by atoms with Crippen LogP contribution in [0.4, 0.5) is 5.69 Å². The molecule has 4 aromatic rings. The number of aromatic nitrogens is 2. The molecule has 0 fully saturated rings. The van der Waals surface area contributed by atoms with E-state index in [4.69, 9.17) is 0 Å². The standard InChI is InChI=1S/C22H19N3OS2/c1-2-15-7-6-10-17(11-15)25-20(26)13-27-21-18-12-19(16-8-4-3-5-9-16)28-22(18)24-14-23-21/h3-12,14H,2,13H2,1H3,(H,25,26). The van der Waals surface area contributed by atoms with E-state index < -0.39 is 0 Å². The third-order valence-corrected chi connectivity index (χ3v) is 6.41. The summed E-state index contributed by atoms with van der Waals surface area (Å²) in [6, 6.07) is 20.3. The lowest BCUT2D eigenvalue weighted by Crippen LogP contribution is -2.14. The molecule has 1 amide bonds. The molecule has 0 aliphatic carbocycles. The van der Waals surface area contributed by atoms with Crippen molar-refractivity contribution in [1.29, 1.82) is 0 Å². The number of carbonyl (C=O) groups excluding carboxylic acids is 1. The molecule has 0 radical (unpaired) electrons. The first-order chi connectivity index (χ1) is 13.7. The smallest absolute Gasteiger partial charge is 0.234 e. The molecule has 0 aliphatic rings. The number of thioether (sulfide) groups is 1. The van der Waals surface area contributed by atoms with Crippen molar-refractivity contribution in [2.75, 3.05) is 11.1 Å². The molecule has 0 atom stereocenters. The van der Waals surface area contributed by atoms with E-state index in [2.05, 4.69) is 46.5 Å². The highest BCUT2D eigenvalue weighted by Gasteiger charge is 2.12. The Morgan fingerprint density at radius 3 is 2.75 bits per heavy atom. The summed E-state index contributed by atoms with van der Waals surface area (Å²) in [7, 11) is 0. The zero-order chi connectivity index (χ0) is 19.3. The van der Waals surface area contributed by atoms with Gasteiger partial charge >= 0.3 is 0 Å². The van der Waals surface area contributed by atoms with Crippen LogP contribution in [-0.4, -0.2) is 21.6 Å². The average molecular weight is 406 g/mol. The lowest BCUT2D eigenvalue weighted by Gasteiger charge is -2.06. The van der Waals surface area contributed by atoms with Crippen molar-refractivity contribution >= 4 is 44.9 Å². The molecular weight excluding hydrogens is 386 g/mol. The Hall–Kier alpha value is -2.70. The van der Waals surface area contributed by atoms with Crippen molar-refractivity contribution < 1.29 is 4.79 Å². The predicted molar refractivity (Wildman–Crippen MR) is 118 cm³/mol. The second-order valence-electron chi connectivity index (χ2n) is 6.27. The van der Waals surface area contributed by atoms with Crippen LogP contribution < -0.4 is 5.32 Å². The summed E-state index contributed by atoms with van der Waals surface area (Å²) in [5.74, 6) is 0.266. The highest BCUT2D eigenvalue weighted by Crippen LogP contribution is 2.36. The first kappa shape index (κ1) is 18.7. The maximum absolute atomic E-state index is 12.4. The number of fused-ring (bicyclic) bond motifs is 1. The van der Waals surface area contributed by atoms with Gasteiger partial charge in [-0.2, -0.15) is 0 Å². The second kappa shape index (κ2) is 8.54. The fourth-order valence-electron chi connectivity index (χ4n) is 2.89. The van der Waals surface area contributed by atoms with Crippen LogP contribution in [0.3, 0.4) is 0 Å². The Labute approximate surface area is 172 Å². The van der Waals surface area contributed by atoms with Gasteiger partial charge in [0.15, 0.2) is 0 Å². The predicted octanol–water partition coefficient (Wildman–Crippen LogP) is 5.65. The fourth-order valence-corrected chi connectivity index (χ4v) is 4.74. The Kier molecular flexibility index (Phi) is 5.69. The number of amides is 1. The van der Waals surface area contributed by atoms with Crippen LogP contribution in [0, 0.1) is 0 Å². The monoisotopic (exact) mass is 405 g/mol. The third kappa shape index (κ3) is 4.24. The van der Waals surface area contributed by atoms with Crippen LogP contribution in [0.15, 0.2) is 72.0 Å². The van der Waals surface area contributed by atoms with E-state index in [0.717, 1.165) is 37.8 Å². The Bertz CT molecular complexity index is 1110. The number of benzene rings is 2. The van der Waals surface area contributed by atoms with Gasteiger partial charge < -0.3 is 5.32 Å². The summed E-state index contributed by atoms with van der Waals surface area (Å²) in [6.07, 6.45) is 2.51. The fraction of sp³-hybridized carbons (Fsp3) is 0.136. The molecule has 6 heteroatoms.